The smallest absolute Gasteiger partial charge is 0.190 e. The van der Waals surface area contributed by atoms with E-state index in [9.17, 15) is 5.11 Å². The Morgan fingerprint density at radius 3 is 2.29 bits per heavy atom. The first-order chi connectivity index (χ1) is 8.02. The highest BCUT2D eigenvalue weighted by molar-refractivity contribution is 6.31. The van der Waals surface area contributed by atoms with Crippen molar-refractivity contribution in [3.05, 3.63) is 52.0 Å². The van der Waals surface area contributed by atoms with E-state index in [4.69, 9.17) is 11.6 Å². The van der Waals surface area contributed by atoms with Crippen molar-refractivity contribution in [2.75, 3.05) is 0 Å². The zero-order valence-corrected chi connectivity index (χ0v) is 10.9. The topological polar surface area (TPSA) is 19.9 Å². The fourth-order valence-electron chi connectivity index (χ4n) is 1.92. The summed E-state index contributed by atoms with van der Waals surface area (Å²) in [6, 6.07) is 9.59. The second-order valence-electron chi connectivity index (χ2n) is 4.30. The fraction of sp³-hybridized carbons (Fsp3) is 0.200. The number of benzene rings is 2. The lowest BCUT2D eigenvalue weighted by atomic mass is 9.95. The van der Waals surface area contributed by atoms with Crippen LogP contribution in [0.4, 0.5) is 0 Å². The molecule has 0 fully saturated rings. The number of rotatable bonds is 1. The lowest BCUT2D eigenvalue weighted by Gasteiger charge is -2.11. The van der Waals surface area contributed by atoms with Crippen LogP contribution in [0.3, 0.4) is 0 Å². The molecule has 0 spiro atoms. The minimum atomic E-state index is 0.0196. The maximum atomic E-state index is 12.2. The van der Waals surface area contributed by atoms with Crippen LogP contribution >= 0.6 is 11.6 Å². The van der Waals surface area contributed by atoms with Crippen molar-refractivity contribution >= 4 is 11.6 Å². The summed E-state index contributed by atoms with van der Waals surface area (Å²) in [5, 5.41) is 12.7. The number of halogens is 1. The minimum absolute atomic E-state index is 0.0196. The summed E-state index contributed by atoms with van der Waals surface area (Å²) in [7, 11) is 0. The van der Waals surface area contributed by atoms with E-state index >= 15 is 0 Å². The van der Waals surface area contributed by atoms with E-state index in [0.29, 0.717) is 10.6 Å². The van der Waals surface area contributed by atoms with Gasteiger partial charge in [-0.25, -0.2) is 0 Å². The van der Waals surface area contributed by atoms with Crippen LogP contribution in [0.25, 0.3) is 11.1 Å². The average molecular weight is 246 g/mol. The Morgan fingerprint density at radius 1 is 0.882 bits per heavy atom. The Labute approximate surface area is 107 Å². The van der Waals surface area contributed by atoms with Gasteiger partial charge < -0.3 is 0 Å². The Morgan fingerprint density at radius 2 is 1.59 bits per heavy atom. The molecule has 2 rings (SSSR count). The van der Waals surface area contributed by atoms with Gasteiger partial charge in [0.2, 0.25) is 0 Å². The first-order valence-corrected chi connectivity index (χ1v) is 5.93. The van der Waals surface area contributed by atoms with Crippen LogP contribution in [0, 0.1) is 20.8 Å². The third-order valence-electron chi connectivity index (χ3n) is 3.23. The van der Waals surface area contributed by atoms with Crippen molar-refractivity contribution in [2.45, 2.75) is 20.8 Å². The molecule has 0 heterocycles. The molecule has 2 aromatic carbocycles. The molecule has 0 aliphatic rings. The van der Waals surface area contributed by atoms with Gasteiger partial charge in [0.15, 0.2) is 5.75 Å². The monoisotopic (exact) mass is 245 g/mol. The summed E-state index contributed by atoms with van der Waals surface area (Å²) in [5.74, 6) is 0.0196. The molecule has 0 amide bonds. The molecular formula is C15H14ClO. The van der Waals surface area contributed by atoms with E-state index in [1.807, 2.05) is 32.0 Å². The average Bonchev–Trinajstić information content (AvgIpc) is 2.31. The van der Waals surface area contributed by atoms with E-state index in [1.165, 1.54) is 5.56 Å². The van der Waals surface area contributed by atoms with Crippen LogP contribution in [0.5, 0.6) is 5.75 Å². The Hall–Kier alpha value is -1.47. The normalized spacial score (nSPS) is 10.6. The molecule has 2 aromatic rings. The summed E-state index contributed by atoms with van der Waals surface area (Å²) >= 11 is 5.94. The maximum Gasteiger partial charge on any atom is 0.190 e. The van der Waals surface area contributed by atoms with Gasteiger partial charge in [-0.1, -0.05) is 29.8 Å². The SMILES string of the molecule is Cc1cccc(-c2ccc(Cl)c(C)c2[O])c1C. The molecule has 0 bridgehead atoms. The van der Waals surface area contributed by atoms with Gasteiger partial charge in [0, 0.05) is 16.1 Å². The van der Waals surface area contributed by atoms with Crippen molar-refractivity contribution in [1.29, 1.82) is 0 Å². The van der Waals surface area contributed by atoms with Gasteiger partial charge in [-0.05, 0) is 49.6 Å². The Bertz CT molecular complexity index is 573. The van der Waals surface area contributed by atoms with Crippen LogP contribution in [-0.4, -0.2) is 0 Å². The van der Waals surface area contributed by atoms with Crippen molar-refractivity contribution in [1.82, 2.24) is 0 Å². The zero-order chi connectivity index (χ0) is 12.6. The minimum Gasteiger partial charge on any atom is -0.289 e. The largest absolute Gasteiger partial charge is 0.289 e. The van der Waals surface area contributed by atoms with E-state index in [2.05, 4.69) is 0 Å². The quantitative estimate of drug-likeness (QED) is 0.668. The van der Waals surface area contributed by atoms with Gasteiger partial charge in [-0.15, -0.1) is 0 Å². The maximum absolute atomic E-state index is 12.2. The summed E-state index contributed by atoms with van der Waals surface area (Å²) in [6.45, 7) is 5.85. The molecular weight excluding hydrogens is 232 g/mol. The third-order valence-corrected chi connectivity index (χ3v) is 3.64. The van der Waals surface area contributed by atoms with Crippen molar-refractivity contribution in [3.63, 3.8) is 0 Å². The highest BCUT2D eigenvalue weighted by atomic mass is 35.5. The first kappa shape index (κ1) is 12.0. The van der Waals surface area contributed by atoms with Crippen molar-refractivity contribution < 1.29 is 5.11 Å². The van der Waals surface area contributed by atoms with E-state index < -0.39 is 0 Å². The molecule has 0 saturated heterocycles. The Balaban J connectivity index is 2.69. The molecule has 1 radical (unpaired) electrons. The predicted molar refractivity (Wildman–Crippen MR) is 71.2 cm³/mol. The van der Waals surface area contributed by atoms with Crippen LogP contribution < -0.4 is 0 Å². The Kier molecular flexibility index (Phi) is 3.12. The second kappa shape index (κ2) is 4.42. The van der Waals surface area contributed by atoms with Gasteiger partial charge in [0.05, 0.1) is 0 Å². The lowest BCUT2D eigenvalue weighted by Crippen LogP contribution is -1.88. The zero-order valence-electron chi connectivity index (χ0n) is 10.2. The molecule has 0 aliphatic carbocycles. The van der Waals surface area contributed by atoms with E-state index in [0.717, 1.165) is 16.7 Å². The van der Waals surface area contributed by atoms with Gasteiger partial charge in [-0.2, -0.15) is 0 Å². The lowest BCUT2D eigenvalue weighted by molar-refractivity contribution is 0.353. The molecule has 0 unspecified atom stereocenters. The standard InChI is InChI=1S/C15H14ClO/c1-9-5-4-6-12(10(9)2)13-7-8-14(16)11(3)15(13)17/h4-8H,1-3H3. The number of hydrogen-bond acceptors (Lipinski definition) is 0. The van der Waals surface area contributed by atoms with Gasteiger partial charge >= 0.3 is 0 Å². The summed E-state index contributed by atoms with van der Waals surface area (Å²) in [5.41, 5.74) is 4.67. The molecule has 0 saturated carbocycles. The third kappa shape index (κ3) is 2.03. The van der Waals surface area contributed by atoms with Crippen molar-refractivity contribution in [3.8, 4) is 16.9 Å². The molecule has 0 aromatic heterocycles. The second-order valence-corrected chi connectivity index (χ2v) is 4.70. The van der Waals surface area contributed by atoms with E-state index in [-0.39, 0.29) is 5.75 Å². The molecule has 1 nitrogen and oxygen atoms in total. The number of aryl methyl sites for hydroxylation is 1. The van der Waals surface area contributed by atoms with Crippen molar-refractivity contribution in [2.24, 2.45) is 0 Å². The predicted octanol–water partition coefficient (Wildman–Crippen LogP) is 5.08. The van der Waals surface area contributed by atoms with Crippen LogP contribution in [0.1, 0.15) is 16.7 Å². The van der Waals surface area contributed by atoms with Crippen LogP contribution in [0.2, 0.25) is 5.02 Å². The fourth-order valence-corrected chi connectivity index (χ4v) is 2.07. The molecule has 87 valence electrons. The first-order valence-electron chi connectivity index (χ1n) is 5.55. The molecule has 0 N–H and O–H groups in total. The summed E-state index contributed by atoms with van der Waals surface area (Å²) in [6.07, 6.45) is 0. The molecule has 0 atom stereocenters. The van der Waals surface area contributed by atoms with Gasteiger partial charge in [0.25, 0.3) is 0 Å². The molecule has 2 heteroatoms. The van der Waals surface area contributed by atoms with E-state index in [1.54, 1.807) is 19.1 Å². The highest BCUT2D eigenvalue weighted by Crippen LogP contribution is 2.37. The number of hydrogen-bond donors (Lipinski definition) is 0. The summed E-state index contributed by atoms with van der Waals surface area (Å²) in [4.78, 5) is 0. The molecule has 0 aliphatic heterocycles. The highest BCUT2D eigenvalue weighted by Gasteiger charge is 2.13. The van der Waals surface area contributed by atoms with Gasteiger partial charge in [0.1, 0.15) is 0 Å². The van der Waals surface area contributed by atoms with Crippen LogP contribution in [0.15, 0.2) is 30.3 Å². The molecule has 17 heavy (non-hydrogen) atoms. The van der Waals surface area contributed by atoms with Gasteiger partial charge in [-0.3, -0.25) is 5.11 Å². The summed E-state index contributed by atoms with van der Waals surface area (Å²) < 4.78 is 0. The van der Waals surface area contributed by atoms with Crippen LogP contribution in [-0.2, 0) is 5.11 Å².